The Morgan fingerprint density at radius 3 is 2.65 bits per heavy atom. The number of fused-ring (bicyclic) bond motifs is 1. The molecule has 5 heteroatoms. The predicted octanol–water partition coefficient (Wildman–Crippen LogP) is 4.26. The van der Waals surface area contributed by atoms with Gasteiger partial charge >= 0.3 is 6.09 Å². The van der Waals surface area contributed by atoms with E-state index in [9.17, 15) is 4.79 Å². The van der Waals surface area contributed by atoms with Crippen LogP contribution in [0.1, 0.15) is 19.4 Å². The summed E-state index contributed by atoms with van der Waals surface area (Å²) in [6, 6.07) is 13.6. The summed E-state index contributed by atoms with van der Waals surface area (Å²) in [6.45, 7) is 3.78. The number of nitrogens with one attached hydrogen (secondary N) is 1. The van der Waals surface area contributed by atoms with Crippen molar-refractivity contribution in [3.05, 3.63) is 48.0 Å². The molecule has 0 fully saturated rings. The lowest BCUT2D eigenvalue weighted by atomic mass is 9.93. The van der Waals surface area contributed by atoms with E-state index in [2.05, 4.69) is 5.32 Å². The molecule has 2 aromatic carbocycles. The minimum absolute atomic E-state index is 0.340. The fourth-order valence-corrected chi connectivity index (χ4v) is 2.73. The molecule has 3 rings (SSSR count). The lowest BCUT2D eigenvalue weighted by Crippen LogP contribution is -2.41. The largest absolute Gasteiger partial charge is 0.495 e. The molecule has 23 heavy (non-hydrogen) atoms. The number of nitrogens with zero attached hydrogens (tertiary/aromatic N) is 1. The van der Waals surface area contributed by atoms with Gasteiger partial charge < -0.3 is 14.8 Å². The van der Waals surface area contributed by atoms with Gasteiger partial charge in [-0.1, -0.05) is 12.1 Å². The van der Waals surface area contributed by atoms with E-state index in [1.165, 1.54) is 4.90 Å². The lowest BCUT2D eigenvalue weighted by molar-refractivity contribution is 0.0362. The van der Waals surface area contributed by atoms with E-state index >= 15 is 0 Å². The first-order chi connectivity index (χ1) is 10.9. The lowest BCUT2D eigenvalue weighted by Gasteiger charge is -2.37. The highest BCUT2D eigenvalue weighted by molar-refractivity contribution is 5.91. The van der Waals surface area contributed by atoms with Crippen molar-refractivity contribution in [1.82, 2.24) is 0 Å². The van der Waals surface area contributed by atoms with Crippen LogP contribution in [0.2, 0.25) is 0 Å². The van der Waals surface area contributed by atoms with Crippen molar-refractivity contribution < 1.29 is 14.3 Å². The summed E-state index contributed by atoms with van der Waals surface area (Å²) in [5.74, 6) is 0.771. The number of anilines is 3. The maximum absolute atomic E-state index is 11.9. The van der Waals surface area contributed by atoms with Crippen molar-refractivity contribution in [3.8, 4) is 5.75 Å². The molecule has 1 aliphatic rings. The number of rotatable bonds is 3. The number of cyclic esters (lactones) is 1. The van der Waals surface area contributed by atoms with Gasteiger partial charge in [-0.15, -0.1) is 0 Å². The first-order valence-electron chi connectivity index (χ1n) is 7.43. The summed E-state index contributed by atoms with van der Waals surface area (Å²) >= 11 is 0. The molecule has 0 radical (unpaired) electrons. The van der Waals surface area contributed by atoms with Crippen LogP contribution in [0.15, 0.2) is 42.5 Å². The molecule has 1 aliphatic heterocycles. The van der Waals surface area contributed by atoms with Gasteiger partial charge in [0.05, 0.1) is 18.5 Å². The van der Waals surface area contributed by atoms with Crippen molar-refractivity contribution in [1.29, 1.82) is 0 Å². The number of amides is 1. The highest BCUT2D eigenvalue weighted by Crippen LogP contribution is 2.40. The van der Waals surface area contributed by atoms with E-state index in [4.69, 9.17) is 9.47 Å². The molecule has 0 unspecified atom stereocenters. The second-order valence-electron chi connectivity index (χ2n) is 5.99. The first kappa shape index (κ1) is 15.2. The summed E-state index contributed by atoms with van der Waals surface area (Å²) in [6.07, 6.45) is -0.340. The van der Waals surface area contributed by atoms with E-state index in [1.54, 1.807) is 14.2 Å². The third kappa shape index (κ3) is 2.70. The van der Waals surface area contributed by atoms with Crippen molar-refractivity contribution in [2.45, 2.75) is 19.4 Å². The Morgan fingerprint density at radius 1 is 1.17 bits per heavy atom. The Hall–Kier alpha value is -2.69. The molecule has 1 amide bonds. The fraction of sp³-hybridized carbons (Fsp3) is 0.278. The third-order valence-corrected chi connectivity index (χ3v) is 4.01. The monoisotopic (exact) mass is 312 g/mol. The smallest absolute Gasteiger partial charge is 0.414 e. The van der Waals surface area contributed by atoms with E-state index in [-0.39, 0.29) is 6.09 Å². The zero-order valence-corrected chi connectivity index (χ0v) is 13.7. The number of methoxy groups -OCH3 is 1. The van der Waals surface area contributed by atoms with Crippen LogP contribution in [-0.4, -0.2) is 20.3 Å². The standard InChI is InChI=1S/C18H20N2O3/c1-18(2)13-11-12(9-10-15(13)20(3)17(21)23-18)19-14-7-5-6-8-16(14)22-4/h5-11,19H,1-4H3. The van der Waals surface area contributed by atoms with Crippen LogP contribution in [0, 0.1) is 0 Å². The van der Waals surface area contributed by atoms with Gasteiger partial charge in [0, 0.05) is 18.3 Å². The Morgan fingerprint density at radius 2 is 1.91 bits per heavy atom. The van der Waals surface area contributed by atoms with Gasteiger partial charge in [0.2, 0.25) is 0 Å². The highest BCUT2D eigenvalue weighted by atomic mass is 16.6. The molecule has 0 saturated carbocycles. The SMILES string of the molecule is COc1ccccc1Nc1ccc2c(c1)C(C)(C)OC(=O)N2C. The van der Waals surface area contributed by atoms with E-state index in [0.717, 1.165) is 28.4 Å². The normalized spacial score (nSPS) is 15.7. The second-order valence-corrected chi connectivity index (χ2v) is 5.99. The molecular formula is C18H20N2O3. The van der Waals surface area contributed by atoms with Crippen LogP contribution < -0.4 is 15.0 Å². The molecule has 0 aromatic heterocycles. The van der Waals surface area contributed by atoms with Gasteiger partial charge in [-0.05, 0) is 44.2 Å². The molecule has 120 valence electrons. The molecule has 1 heterocycles. The Balaban J connectivity index is 1.99. The zero-order chi connectivity index (χ0) is 16.6. The van der Waals surface area contributed by atoms with Crippen LogP contribution in [0.5, 0.6) is 5.75 Å². The highest BCUT2D eigenvalue weighted by Gasteiger charge is 2.36. The van der Waals surface area contributed by atoms with Crippen molar-refractivity contribution in [2.75, 3.05) is 24.4 Å². The molecule has 2 aromatic rings. The van der Waals surface area contributed by atoms with Crippen molar-refractivity contribution in [2.24, 2.45) is 0 Å². The number of para-hydroxylation sites is 2. The van der Waals surface area contributed by atoms with Crippen LogP contribution in [0.3, 0.4) is 0 Å². The summed E-state index contributed by atoms with van der Waals surface area (Å²) in [5, 5.41) is 3.35. The van der Waals surface area contributed by atoms with Gasteiger partial charge in [0.15, 0.2) is 0 Å². The average molecular weight is 312 g/mol. The number of ether oxygens (including phenoxy) is 2. The minimum Gasteiger partial charge on any atom is -0.495 e. The molecule has 0 saturated heterocycles. The number of carbonyl (C=O) groups is 1. The van der Waals surface area contributed by atoms with Gasteiger partial charge in [0.25, 0.3) is 0 Å². The molecule has 0 aliphatic carbocycles. The zero-order valence-electron chi connectivity index (χ0n) is 13.7. The Labute approximate surface area is 135 Å². The summed E-state index contributed by atoms with van der Waals surface area (Å²) in [7, 11) is 3.36. The molecular weight excluding hydrogens is 292 g/mol. The number of hydrogen-bond donors (Lipinski definition) is 1. The Kier molecular flexibility index (Phi) is 3.64. The van der Waals surface area contributed by atoms with Gasteiger partial charge in [0.1, 0.15) is 11.4 Å². The predicted molar refractivity (Wildman–Crippen MR) is 90.6 cm³/mol. The topological polar surface area (TPSA) is 50.8 Å². The molecule has 0 atom stereocenters. The van der Waals surface area contributed by atoms with Crippen LogP contribution in [0.25, 0.3) is 0 Å². The van der Waals surface area contributed by atoms with Crippen molar-refractivity contribution in [3.63, 3.8) is 0 Å². The quantitative estimate of drug-likeness (QED) is 0.920. The number of benzene rings is 2. The maximum Gasteiger partial charge on any atom is 0.414 e. The van der Waals surface area contributed by atoms with E-state index in [0.29, 0.717) is 0 Å². The summed E-state index contributed by atoms with van der Waals surface area (Å²) in [5.41, 5.74) is 2.94. The van der Waals surface area contributed by atoms with Crippen LogP contribution in [-0.2, 0) is 10.3 Å². The summed E-state index contributed by atoms with van der Waals surface area (Å²) in [4.78, 5) is 13.4. The Bertz CT molecular complexity index is 756. The average Bonchev–Trinajstić information content (AvgIpc) is 2.53. The van der Waals surface area contributed by atoms with Crippen molar-refractivity contribution >= 4 is 23.2 Å². The molecule has 0 spiro atoms. The number of carbonyl (C=O) groups excluding carboxylic acids is 1. The van der Waals surface area contributed by atoms with Crippen LogP contribution >= 0.6 is 0 Å². The summed E-state index contributed by atoms with van der Waals surface area (Å²) < 4.78 is 10.9. The van der Waals surface area contributed by atoms with E-state index < -0.39 is 5.60 Å². The molecule has 5 nitrogen and oxygen atoms in total. The number of hydrogen-bond acceptors (Lipinski definition) is 4. The first-order valence-corrected chi connectivity index (χ1v) is 7.43. The molecule has 0 bridgehead atoms. The molecule has 1 N–H and O–H groups in total. The van der Waals surface area contributed by atoms with Crippen LogP contribution in [0.4, 0.5) is 21.9 Å². The van der Waals surface area contributed by atoms with Gasteiger partial charge in [-0.25, -0.2) is 4.79 Å². The van der Waals surface area contributed by atoms with Gasteiger partial charge in [-0.2, -0.15) is 0 Å². The fourth-order valence-electron chi connectivity index (χ4n) is 2.73. The second kappa shape index (κ2) is 5.50. The van der Waals surface area contributed by atoms with E-state index in [1.807, 2.05) is 56.3 Å². The maximum atomic E-state index is 11.9. The minimum atomic E-state index is -0.669. The third-order valence-electron chi connectivity index (χ3n) is 4.01. The van der Waals surface area contributed by atoms with Gasteiger partial charge in [-0.3, -0.25) is 4.90 Å².